The lowest BCUT2D eigenvalue weighted by molar-refractivity contribution is 0.0436. The van der Waals surface area contributed by atoms with Gasteiger partial charge in [0.1, 0.15) is 11.4 Å². The topological polar surface area (TPSA) is 67.8 Å². The quantitative estimate of drug-likeness (QED) is 0.554. The van der Waals surface area contributed by atoms with E-state index in [1.165, 1.54) is 18.2 Å². The molecule has 1 atom stereocenters. The summed E-state index contributed by atoms with van der Waals surface area (Å²) in [5.74, 6) is 0.447. The number of anilines is 2. The van der Waals surface area contributed by atoms with E-state index in [1.807, 2.05) is 47.7 Å². The Kier molecular flexibility index (Phi) is 6.48. The van der Waals surface area contributed by atoms with Gasteiger partial charge in [0.15, 0.2) is 0 Å². The van der Waals surface area contributed by atoms with Gasteiger partial charge in [-0.3, -0.25) is 4.79 Å². The molecule has 1 aliphatic rings. The Hall–Kier alpha value is -2.97. The number of benzene rings is 1. The Morgan fingerprint density at radius 3 is 2.87 bits per heavy atom. The lowest BCUT2D eigenvalue weighted by atomic mass is 10.1. The normalized spacial score (nSPS) is 14.9. The highest BCUT2D eigenvalue weighted by Crippen LogP contribution is 2.29. The van der Waals surface area contributed by atoms with Crippen molar-refractivity contribution in [2.24, 2.45) is 0 Å². The molecule has 0 saturated carbocycles. The lowest BCUT2D eigenvalue weighted by Gasteiger charge is -2.22. The Bertz CT molecular complexity index is 1040. The van der Waals surface area contributed by atoms with E-state index in [9.17, 15) is 4.79 Å². The van der Waals surface area contributed by atoms with Crippen LogP contribution in [-0.4, -0.2) is 43.1 Å². The number of aromatic nitrogens is 2. The second-order valence-electron chi connectivity index (χ2n) is 7.25. The van der Waals surface area contributed by atoms with Crippen LogP contribution in [0.15, 0.2) is 48.0 Å². The van der Waals surface area contributed by atoms with Crippen molar-refractivity contribution in [3.8, 4) is 6.01 Å². The van der Waals surface area contributed by atoms with Crippen LogP contribution in [0.5, 0.6) is 6.01 Å². The van der Waals surface area contributed by atoms with Crippen LogP contribution in [-0.2, 0) is 11.3 Å². The Balaban J connectivity index is 1.54. The summed E-state index contributed by atoms with van der Waals surface area (Å²) in [6.45, 7) is 5.64. The standard InChI is InChI=1S/C23H25N4O3S/c1-4-19(20-9-6-12-31-20)30-15-16-7-5-8-17(13-16)27-11-10-26(2)21-18(22(27)28)14-24-23(25-21)29-3/h5-9,12-14,19H,1,4,10-11,15H2,2-3H3. The number of fused-ring (bicyclic) bond motifs is 1. The summed E-state index contributed by atoms with van der Waals surface area (Å²) in [6, 6.07) is 12.2. The van der Waals surface area contributed by atoms with Crippen LogP contribution in [0.4, 0.5) is 11.5 Å². The van der Waals surface area contributed by atoms with Crippen LogP contribution in [0.1, 0.15) is 33.3 Å². The minimum atomic E-state index is -0.130. The van der Waals surface area contributed by atoms with Gasteiger partial charge in [-0.25, -0.2) is 4.98 Å². The number of nitrogens with zero attached hydrogens (tertiary/aromatic N) is 4. The van der Waals surface area contributed by atoms with Gasteiger partial charge in [-0.1, -0.05) is 25.1 Å². The number of amides is 1. The first-order chi connectivity index (χ1) is 15.1. The number of carbonyl (C=O) groups excluding carboxylic acids is 1. The maximum atomic E-state index is 13.3. The number of hydrogen-bond acceptors (Lipinski definition) is 7. The van der Waals surface area contributed by atoms with Gasteiger partial charge in [-0.2, -0.15) is 4.98 Å². The number of carbonyl (C=O) groups is 1. The third-order valence-electron chi connectivity index (χ3n) is 5.22. The number of hydrogen-bond donors (Lipinski definition) is 0. The van der Waals surface area contributed by atoms with Crippen LogP contribution in [0, 0.1) is 6.92 Å². The van der Waals surface area contributed by atoms with Gasteiger partial charge in [0, 0.05) is 36.9 Å². The first-order valence-electron chi connectivity index (χ1n) is 10.1. The summed E-state index contributed by atoms with van der Waals surface area (Å²) in [6.07, 6.45) is 2.17. The molecule has 1 unspecified atom stereocenters. The van der Waals surface area contributed by atoms with Crippen molar-refractivity contribution < 1.29 is 14.3 Å². The first-order valence-corrected chi connectivity index (χ1v) is 11.0. The highest BCUT2D eigenvalue weighted by Gasteiger charge is 2.28. The van der Waals surface area contributed by atoms with Crippen LogP contribution in [0.2, 0.25) is 0 Å². The number of methoxy groups -OCH3 is 1. The zero-order valence-electron chi connectivity index (χ0n) is 17.7. The summed E-state index contributed by atoms with van der Waals surface area (Å²) < 4.78 is 11.2. The van der Waals surface area contributed by atoms with Gasteiger partial charge in [0.2, 0.25) is 0 Å². The fraction of sp³-hybridized carbons (Fsp3) is 0.304. The monoisotopic (exact) mass is 437 g/mol. The molecule has 0 bridgehead atoms. The van der Waals surface area contributed by atoms with E-state index in [4.69, 9.17) is 9.47 Å². The fourth-order valence-corrected chi connectivity index (χ4v) is 4.35. The minimum absolute atomic E-state index is 0.0314. The molecule has 1 amide bonds. The van der Waals surface area contributed by atoms with Crippen LogP contribution >= 0.6 is 11.3 Å². The van der Waals surface area contributed by atoms with E-state index in [0.717, 1.165) is 11.3 Å². The molecule has 0 spiro atoms. The molecule has 7 nitrogen and oxygen atoms in total. The summed E-state index contributed by atoms with van der Waals surface area (Å²) >= 11 is 1.67. The molecule has 1 radical (unpaired) electrons. The van der Waals surface area contributed by atoms with Crippen LogP contribution in [0.3, 0.4) is 0 Å². The molecule has 8 heteroatoms. The Labute approximate surface area is 186 Å². The van der Waals surface area contributed by atoms with E-state index in [0.29, 0.717) is 37.5 Å². The highest BCUT2D eigenvalue weighted by atomic mass is 32.1. The Morgan fingerprint density at radius 1 is 1.26 bits per heavy atom. The van der Waals surface area contributed by atoms with Crippen molar-refractivity contribution in [3.63, 3.8) is 0 Å². The number of ether oxygens (including phenoxy) is 2. The van der Waals surface area contributed by atoms with Gasteiger partial charge in [-0.05, 0) is 35.6 Å². The van der Waals surface area contributed by atoms with Crippen molar-refractivity contribution in [2.75, 3.05) is 37.0 Å². The van der Waals surface area contributed by atoms with Gasteiger partial charge in [0.25, 0.3) is 5.91 Å². The van der Waals surface area contributed by atoms with E-state index < -0.39 is 0 Å². The van der Waals surface area contributed by atoms with E-state index in [1.54, 1.807) is 16.2 Å². The summed E-state index contributed by atoms with van der Waals surface area (Å²) in [5.41, 5.74) is 2.28. The minimum Gasteiger partial charge on any atom is -0.467 e. The van der Waals surface area contributed by atoms with Gasteiger partial charge >= 0.3 is 6.01 Å². The zero-order valence-corrected chi connectivity index (χ0v) is 18.5. The van der Waals surface area contributed by atoms with Crippen molar-refractivity contribution in [2.45, 2.75) is 19.1 Å². The number of thiophene rings is 1. The molecule has 31 heavy (non-hydrogen) atoms. The average molecular weight is 438 g/mol. The van der Waals surface area contributed by atoms with Crippen molar-refractivity contribution >= 4 is 28.7 Å². The molecule has 4 rings (SSSR count). The maximum absolute atomic E-state index is 13.3. The second kappa shape index (κ2) is 9.45. The van der Waals surface area contributed by atoms with Gasteiger partial charge in [-0.15, -0.1) is 11.3 Å². The third kappa shape index (κ3) is 4.55. The predicted molar refractivity (Wildman–Crippen MR) is 122 cm³/mol. The molecule has 1 aromatic carbocycles. The number of rotatable bonds is 7. The highest BCUT2D eigenvalue weighted by molar-refractivity contribution is 7.10. The zero-order chi connectivity index (χ0) is 21.8. The van der Waals surface area contributed by atoms with E-state index in [2.05, 4.69) is 23.0 Å². The van der Waals surface area contributed by atoms with Crippen LogP contribution in [0.25, 0.3) is 0 Å². The SMILES string of the molecule is [CH2]CC(OCc1cccc(N2CCN(C)c3nc(OC)ncc3C2=O)c1)c1cccs1. The van der Waals surface area contributed by atoms with Crippen molar-refractivity contribution in [1.29, 1.82) is 0 Å². The second-order valence-corrected chi connectivity index (χ2v) is 8.23. The van der Waals surface area contributed by atoms with Gasteiger partial charge < -0.3 is 19.3 Å². The molecule has 1 aliphatic heterocycles. The predicted octanol–water partition coefficient (Wildman–Crippen LogP) is 4.13. The molecular weight excluding hydrogens is 412 g/mol. The maximum Gasteiger partial charge on any atom is 0.318 e. The summed E-state index contributed by atoms with van der Waals surface area (Å²) in [4.78, 5) is 26.7. The molecule has 3 heterocycles. The Morgan fingerprint density at radius 2 is 2.13 bits per heavy atom. The largest absolute Gasteiger partial charge is 0.467 e. The lowest BCUT2D eigenvalue weighted by Crippen LogP contribution is -2.33. The molecule has 2 aromatic heterocycles. The summed E-state index contributed by atoms with van der Waals surface area (Å²) in [7, 11) is 3.42. The van der Waals surface area contributed by atoms with Crippen LogP contribution < -0.4 is 14.5 Å². The molecule has 0 N–H and O–H groups in total. The molecule has 0 fully saturated rings. The average Bonchev–Trinajstić information content (AvgIpc) is 3.30. The van der Waals surface area contributed by atoms with Crippen molar-refractivity contribution in [3.05, 3.63) is 70.9 Å². The molecule has 0 aliphatic carbocycles. The van der Waals surface area contributed by atoms with Gasteiger partial charge in [0.05, 0.1) is 19.8 Å². The molecule has 161 valence electrons. The molecule has 3 aromatic rings. The van der Waals surface area contributed by atoms with E-state index in [-0.39, 0.29) is 18.0 Å². The number of likely N-dealkylation sites (N-methyl/N-ethyl adjacent to an activating group) is 1. The van der Waals surface area contributed by atoms with E-state index >= 15 is 0 Å². The fourth-order valence-electron chi connectivity index (χ4n) is 3.54. The first kappa shape index (κ1) is 21.3. The van der Waals surface area contributed by atoms with Crippen molar-refractivity contribution in [1.82, 2.24) is 9.97 Å². The molecular formula is C23H25N4O3S. The summed E-state index contributed by atoms with van der Waals surface area (Å²) in [5, 5.41) is 2.04. The third-order valence-corrected chi connectivity index (χ3v) is 6.19. The smallest absolute Gasteiger partial charge is 0.318 e. The molecule has 0 saturated heterocycles.